The van der Waals surface area contributed by atoms with E-state index < -0.39 is 12.0 Å². The summed E-state index contributed by atoms with van der Waals surface area (Å²) in [5.74, 6) is -0.882. The van der Waals surface area contributed by atoms with Gasteiger partial charge in [0.15, 0.2) is 0 Å². The number of carboxylic acids is 1. The zero-order valence-corrected chi connectivity index (χ0v) is 13.9. The number of methoxy groups -OCH3 is 1. The Morgan fingerprint density at radius 1 is 1.41 bits per heavy atom. The van der Waals surface area contributed by atoms with Crippen LogP contribution in [0.25, 0.3) is 0 Å². The fourth-order valence-corrected chi connectivity index (χ4v) is 3.57. The van der Waals surface area contributed by atoms with E-state index in [0.717, 1.165) is 16.0 Å². The highest BCUT2D eigenvalue weighted by Gasteiger charge is 2.39. The van der Waals surface area contributed by atoms with E-state index in [1.54, 1.807) is 7.11 Å². The van der Waals surface area contributed by atoms with Crippen molar-refractivity contribution in [2.24, 2.45) is 0 Å². The molecule has 0 spiro atoms. The zero-order chi connectivity index (χ0) is 16.3. The number of nitrogens with zero attached hydrogens (tertiary/aromatic N) is 1. The van der Waals surface area contributed by atoms with Crippen LogP contribution in [-0.4, -0.2) is 53.4 Å². The summed E-state index contributed by atoms with van der Waals surface area (Å²) in [4.78, 5) is 26.2. The van der Waals surface area contributed by atoms with Crippen molar-refractivity contribution in [2.75, 3.05) is 19.4 Å². The molecule has 5 nitrogen and oxygen atoms in total. The lowest BCUT2D eigenvalue weighted by Crippen LogP contribution is -2.41. The van der Waals surface area contributed by atoms with Crippen LogP contribution >= 0.6 is 11.8 Å². The Balaban J connectivity index is 2.02. The number of carboxylic acid groups (broad SMARTS) is 1. The van der Waals surface area contributed by atoms with Gasteiger partial charge < -0.3 is 14.7 Å². The van der Waals surface area contributed by atoms with Crippen molar-refractivity contribution in [3.05, 3.63) is 29.3 Å². The van der Waals surface area contributed by atoms with E-state index in [9.17, 15) is 14.7 Å². The average Bonchev–Trinajstić information content (AvgIpc) is 2.92. The fourth-order valence-electron chi connectivity index (χ4n) is 2.56. The molecule has 120 valence electrons. The minimum atomic E-state index is -0.968. The Labute approximate surface area is 134 Å². The van der Waals surface area contributed by atoms with Crippen LogP contribution < -0.4 is 0 Å². The van der Waals surface area contributed by atoms with Crippen LogP contribution in [0.15, 0.2) is 23.1 Å². The van der Waals surface area contributed by atoms with Gasteiger partial charge in [-0.1, -0.05) is 17.7 Å². The molecule has 22 heavy (non-hydrogen) atoms. The second-order valence-electron chi connectivity index (χ2n) is 5.55. The number of ether oxygens (including phenoxy) is 1. The summed E-state index contributed by atoms with van der Waals surface area (Å²) >= 11 is 1.45. The number of aliphatic carboxylic acids is 1. The molecule has 0 aliphatic carbocycles. The monoisotopic (exact) mass is 323 g/mol. The smallest absolute Gasteiger partial charge is 0.326 e. The van der Waals surface area contributed by atoms with E-state index in [1.165, 1.54) is 16.7 Å². The molecule has 0 saturated carbocycles. The van der Waals surface area contributed by atoms with Gasteiger partial charge in [0.05, 0.1) is 11.9 Å². The second-order valence-corrected chi connectivity index (χ2v) is 6.57. The van der Waals surface area contributed by atoms with E-state index >= 15 is 0 Å². The largest absolute Gasteiger partial charge is 0.480 e. The first-order chi connectivity index (χ1) is 10.4. The molecule has 6 heteroatoms. The van der Waals surface area contributed by atoms with Crippen molar-refractivity contribution in [1.29, 1.82) is 0 Å². The number of amides is 1. The number of aryl methyl sites for hydroxylation is 2. The van der Waals surface area contributed by atoms with Crippen molar-refractivity contribution < 1.29 is 19.4 Å². The first kappa shape index (κ1) is 16.8. The maximum Gasteiger partial charge on any atom is 0.326 e. The summed E-state index contributed by atoms with van der Waals surface area (Å²) in [6, 6.07) is 5.32. The molecule has 1 aliphatic heterocycles. The summed E-state index contributed by atoms with van der Waals surface area (Å²) in [6.45, 7) is 4.36. The highest BCUT2D eigenvalue weighted by Crippen LogP contribution is 2.26. The molecule has 0 aromatic heterocycles. The first-order valence-corrected chi connectivity index (χ1v) is 8.16. The van der Waals surface area contributed by atoms with Gasteiger partial charge in [0.25, 0.3) is 0 Å². The van der Waals surface area contributed by atoms with Crippen LogP contribution in [0.5, 0.6) is 0 Å². The van der Waals surface area contributed by atoms with Crippen LogP contribution in [0.2, 0.25) is 0 Å². The Bertz CT molecular complexity index is 575. The van der Waals surface area contributed by atoms with Crippen molar-refractivity contribution in [3.63, 3.8) is 0 Å². The van der Waals surface area contributed by atoms with Gasteiger partial charge in [-0.25, -0.2) is 4.79 Å². The van der Waals surface area contributed by atoms with Gasteiger partial charge in [-0.2, -0.15) is 0 Å². The lowest BCUT2D eigenvalue weighted by atomic mass is 10.2. The molecule has 1 amide bonds. The average molecular weight is 323 g/mol. The normalized spacial score (nSPS) is 21.1. The van der Waals surface area contributed by atoms with Crippen molar-refractivity contribution in [2.45, 2.75) is 37.3 Å². The zero-order valence-electron chi connectivity index (χ0n) is 13.0. The van der Waals surface area contributed by atoms with E-state index in [-0.39, 0.29) is 17.8 Å². The summed E-state index contributed by atoms with van der Waals surface area (Å²) in [5, 5.41) is 9.26. The number of likely N-dealkylation sites (tertiary alicyclic amines) is 1. The van der Waals surface area contributed by atoms with Crippen molar-refractivity contribution in [1.82, 2.24) is 4.90 Å². The molecule has 1 aliphatic rings. The SMILES string of the molecule is COC1CC(C(=O)O)N(C(=O)CSc2cc(C)ccc2C)C1. The van der Waals surface area contributed by atoms with Gasteiger partial charge in [-0.05, 0) is 25.5 Å². The van der Waals surface area contributed by atoms with Crippen LogP contribution in [-0.2, 0) is 14.3 Å². The molecule has 1 aromatic carbocycles. The highest BCUT2D eigenvalue weighted by atomic mass is 32.2. The Morgan fingerprint density at radius 2 is 2.14 bits per heavy atom. The fraction of sp³-hybridized carbons (Fsp3) is 0.500. The van der Waals surface area contributed by atoms with Crippen LogP contribution in [0.3, 0.4) is 0 Å². The van der Waals surface area contributed by atoms with Crippen molar-refractivity contribution in [3.8, 4) is 0 Å². The first-order valence-electron chi connectivity index (χ1n) is 7.17. The van der Waals surface area contributed by atoms with E-state index in [4.69, 9.17) is 4.74 Å². The molecule has 1 heterocycles. The standard InChI is InChI=1S/C16H21NO4S/c1-10-4-5-11(2)14(6-10)22-9-15(18)17-8-12(21-3)7-13(17)16(19)20/h4-6,12-13H,7-9H2,1-3H3,(H,19,20). The van der Waals surface area contributed by atoms with E-state index in [0.29, 0.717) is 13.0 Å². The molecule has 2 unspecified atom stereocenters. The number of carbonyl (C=O) groups excluding carboxylic acids is 1. The maximum absolute atomic E-state index is 12.4. The summed E-state index contributed by atoms with van der Waals surface area (Å²) < 4.78 is 5.21. The van der Waals surface area contributed by atoms with Gasteiger partial charge in [0, 0.05) is 25.0 Å². The Kier molecular flexibility index (Phi) is 5.47. The molecule has 1 fully saturated rings. The molecule has 0 bridgehead atoms. The molecular weight excluding hydrogens is 302 g/mol. The quantitative estimate of drug-likeness (QED) is 0.841. The van der Waals surface area contributed by atoms with Gasteiger partial charge in [0.1, 0.15) is 6.04 Å². The molecule has 2 atom stereocenters. The van der Waals surface area contributed by atoms with Crippen LogP contribution in [0, 0.1) is 13.8 Å². The molecule has 1 saturated heterocycles. The molecule has 1 aromatic rings. The molecular formula is C16H21NO4S. The van der Waals surface area contributed by atoms with Gasteiger partial charge in [-0.15, -0.1) is 11.8 Å². The topological polar surface area (TPSA) is 66.8 Å². The number of carbonyl (C=O) groups is 2. The molecule has 0 radical (unpaired) electrons. The third kappa shape index (κ3) is 3.81. The van der Waals surface area contributed by atoms with Gasteiger partial charge in [-0.3, -0.25) is 4.79 Å². The number of hydrogen-bond donors (Lipinski definition) is 1. The van der Waals surface area contributed by atoms with Crippen LogP contribution in [0.1, 0.15) is 17.5 Å². The summed E-state index contributed by atoms with van der Waals surface area (Å²) in [6.07, 6.45) is 0.155. The molecule has 1 N–H and O–H groups in total. The van der Waals surface area contributed by atoms with Gasteiger partial charge in [0.2, 0.25) is 5.91 Å². The lowest BCUT2D eigenvalue weighted by molar-refractivity contribution is -0.147. The minimum Gasteiger partial charge on any atom is -0.480 e. The number of benzene rings is 1. The van der Waals surface area contributed by atoms with Gasteiger partial charge >= 0.3 is 5.97 Å². The van der Waals surface area contributed by atoms with Crippen molar-refractivity contribution >= 4 is 23.6 Å². The number of hydrogen-bond acceptors (Lipinski definition) is 4. The summed E-state index contributed by atoms with van der Waals surface area (Å²) in [7, 11) is 1.54. The van der Waals surface area contributed by atoms with E-state index in [1.807, 2.05) is 32.0 Å². The maximum atomic E-state index is 12.4. The second kappa shape index (κ2) is 7.15. The Morgan fingerprint density at radius 3 is 2.77 bits per heavy atom. The third-order valence-electron chi connectivity index (χ3n) is 3.90. The van der Waals surface area contributed by atoms with Crippen LogP contribution in [0.4, 0.5) is 0 Å². The molecule has 2 rings (SSSR count). The van der Waals surface area contributed by atoms with E-state index in [2.05, 4.69) is 0 Å². The lowest BCUT2D eigenvalue weighted by Gasteiger charge is -2.21. The minimum absolute atomic E-state index is 0.155. The Hall–Kier alpha value is -1.53. The number of thioether (sulfide) groups is 1. The third-order valence-corrected chi connectivity index (χ3v) is 5.04. The predicted octanol–water partition coefficient (Wildman–Crippen LogP) is 2.10. The highest BCUT2D eigenvalue weighted by molar-refractivity contribution is 8.00. The predicted molar refractivity (Wildman–Crippen MR) is 85.2 cm³/mol. The summed E-state index contributed by atoms with van der Waals surface area (Å²) in [5.41, 5.74) is 2.26. The number of rotatable bonds is 5.